The van der Waals surface area contributed by atoms with Crippen molar-refractivity contribution in [3.8, 4) is 11.5 Å². The molecule has 0 spiro atoms. The van der Waals surface area contributed by atoms with Gasteiger partial charge in [0.05, 0.1) is 18.9 Å². The summed E-state index contributed by atoms with van der Waals surface area (Å²) in [6, 6.07) is 7.02. The quantitative estimate of drug-likeness (QED) is 0.784. The zero-order valence-corrected chi connectivity index (χ0v) is 14.7. The second kappa shape index (κ2) is 6.45. The molecule has 0 radical (unpaired) electrons. The van der Waals surface area contributed by atoms with E-state index in [9.17, 15) is 4.79 Å². The summed E-state index contributed by atoms with van der Waals surface area (Å²) >= 11 is 1.41. The van der Waals surface area contributed by atoms with Gasteiger partial charge in [-0.2, -0.15) is 4.98 Å². The van der Waals surface area contributed by atoms with Gasteiger partial charge in [0.25, 0.3) is 5.91 Å². The summed E-state index contributed by atoms with van der Waals surface area (Å²) in [5.74, 6) is 0.828. The first-order valence-electron chi connectivity index (χ1n) is 7.29. The summed E-state index contributed by atoms with van der Waals surface area (Å²) in [7, 11) is 3.08. The number of nitrogens with one attached hydrogen (secondary N) is 1. The Bertz CT molecular complexity index is 899. The number of amides is 1. The predicted molar refractivity (Wildman–Crippen MR) is 94.4 cm³/mol. The van der Waals surface area contributed by atoms with Gasteiger partial charge in [-0.25, -0.2) is 4.98 Å². The molecule has 1 aromatic carbocycles. The van der Waals surface area contributed by atoms with E-state index in [-0.39, 0.29) is 5.91 Å². The van der Waals surface area contributed by atoms with E-state index < -0.39 is 0 Å². The third kappa shape index (κ3) is 3.16. The Morgan fingerprint density at radius 2 is 1.71 bits per heavy atom. The number of rotatable bonds is 4. The van der Waals surface area contributed by atoms with Crippen LogP contribution in [-0.4, -0.2) is 30.1 Å². The van der Waals surface area contributed by atoms with Crippen molar-refractivity contribution in [2.45, 2.75) is 13.8 Å². The van der Waals surface area contributed by atoms with Crippen LogP contribution >= 0.6 is 11.3 Å². The van der Waals surface area contributed by atoms with Gasteiger partial charge in [0, 0.05) is 17.3 Å². The highest BCUT2D eigenvalue weighted by Gasteiger charge is 2.14. The first kappa shape index (κ1) is 16.2. The van der Waals surface area contributed by atoms with Crippen LogP contribution in [-0.2, 0) is 0 Å². The highest BCUT2D eigenvalue weighted by Crippen LogP contribution is 2.29. The average molecular weight is 343 g/mol. The Labute approximate surface area is 143 Å². The molecule has 1 N–H and O–H groups in total. The van der Waals surface area contributed by atoms with Crippen LogP contribution in [0.5, 0.6) is 11.5 Å². The van der Waals surface area contributed by atoms with E-state index in [2.05, 4.69) is 15.3 Å². The lowest BCUT2D eigenvalue weighted by Gasteiger charge is -2.07. The number of nitrogens with zero attached hydrogens (tertiary/aromatic N) is 2. The lowest BCUT2D eigenvalue weighted by molar-refractivity contribution is 0.102. The van der Waals surface area contributed by atoms with E-state index >= 15 is 0 Å². The number of aryl methyl sites for hydroxylation is 2. The fourth-order valence-corrected chi connectivity index (χ4v) is 3.26. The van der Waals surface area contributed by atoms with Gasteiger partial charge in [-0.1, -0.05) is 11.3 Å². The molecular formula is C17H17N3O3S. The molecule has 0 aliphatic rings. The maximum Gasteiger partial charge on any atom is 0.257 e. The van der Waals surface area contributed by atoms with Crippen LogP contribution < -0.4 is 14.8 Å². The topological polar surface area (TPSA) is 73.3 Å². The molecule has 3 aromatic rings. The zero-order chi connectivity index (χ0) is 17.3. The summed E-state index contributed by atoms with van der Waals surface area (Å²) in [6.45, 7) is 3.93. The molecule has 0 saturated carbocycles. The van der Waals surface area contributed by atoms with Crippen LogP contribution in [0.4, 0.5) is 5.13 Å². The number of anilines is 1. The van der Waals surface area contributed by atoms with Crippen molar-refractivity contribution >= 4 is 32.7 Å². The number of thiazole rings is 1. The molecule has 0 bridgehead atoms. The number of methoxy groups -OCH3 is 2. The summed E-state index contributed by atoms with van der Waals surface area (Å²) in [6.07, 6.45) is 0. The van der Waals surface area contributed by atoms with Crippen molar-refractivity contribution < 1.29 is 14.3 Å². The molecule has 0 unspecified atom stereocenters. The zero-order valence-electron chi connectivity index (χ0n) is 13.8. The lowest BCUT2D eigenvalue weighted by atomic mass is 10.2. The minimum atomic E-state index is -0.277. The van der Waals surface area contributed by atoms with Gasteiger partial charge >= 0.3 is 0 Å². The first-order valence-corrected chi connectivity index (χ1v) is 8.11. The van der Waals surface area contributed by atoms with Crippen LogP contribution in [0.25, 0.3) is 10.3 Å². The number of hydrogen-bond donors (Lipinski definition) is 1. The lowest BCUT2D eigenvalue weighted by Crippen LogP contribution is -2.12. The van der Waals surface area contributed by atoms with Crippen molar-refractivity contribution in [2.24, 2.45) is 0 Å². The number of pyridine rings is 1. The fraction of sp³-hybridized carbons (Fsp3) is 0.235. The fourth-order valence-electron chi connectivity index (χ4n) is 2.38. The number of hydrogen-bond acceptors (Lipinski definition) is 6. The van der Waals surface area contributed by atoms with Crippen LogP contribution in [0.1, 0.15) is 21.6 Å². The molecule has 3 rings (SSSR count). The Morgan fingerprint density at radius 3 is 2.33 bits per heavy atom. The number of ether oxygens (including phenoxy) is 2. The Hall–Kier alpha value is -2.67. The number of carbonyl (C=O) groups is 1. The molecule has 0 fully saturated rings. The molecule has 124 valence electrons. The Balaban J connectivity index is 1.91. The average Bonchev–Trinajstić information content (AvgIpc) is 2.96. The van der Waals surface area contributed by atoms with Gasteiger partial charge in [-0.15, -0.1) is 0 Å². The molecule has 0 aliphatic heterocycles. The monoisotopic (exact) mass is 343 g/mol. The number of carbonyl (C=O) groups excluding carboxylic acids is 1. The highest BCUT2D eigenvalue weighted by molar-refractivity contribution is 7.22. The summed E-state index contributed by atoms with van der Waals surface area (Å²) < 4.78 is 11.4. The summed E-state index contributed by atoms with van der Waals surface area (Å²) in [5.41, 5.74) is 3.08. The molecule has 2 aromatic heterocycles. The minimum absolute atomic E-state index is 0.277. The van der Waals surface area contributed by atoms with Crippen LogP contribution in [0.15, 0.2) is 24.3 Å². The van der Waals surface area contributed by atoms with Gasteiger partial charge in [-0.05, 0) is 37.6 Å². The number of aromatic nitrogens is 2. The molecule has 2 heterocycles. The SMILES string of the molecule is COc1cc(OC)cc(C(=O)Nc2nc3nc(C)cc(C)c3s2)c1. The van der Waals surface area contributed by atoms with E-state index in [1.54, 1.807) is 32.4 Å². The van der Waals surface area contributed by atoms with E-state index in [1.165, 1.54) is 11.3 Å². The van der Waals surface area contributed by atoms with Crippen LogP contribution in [0, 0.1) is 13.8 Å². The molecule has 0 saturated heterocycles. The number of benzene rings is 1. The van der Waals surface area contributed by atoms with Gasteiger partial charge in [0.1, 0.15) is 11.5 Å². The molecular weight excluding hydrogens is 326 g/mol. The second-order valence-corrected chi connectivity index (χ2v) is 6.31. The minimum Gasteiger partial charge on any atom is -0.497 e. The largest absolute Gasteiger partial charge is 0.497 e. The Kier molecular flexibility index (Phi) is 4.35. The Morgan fingerprint density at radius 1 is 1.04 bits per heavy atom. The third-order valence-corrected chi connectivity index (χ3v) is 4.60. The van der Waals surface area contributed by atoms with Crippen molar-refractivity contribution in [3.05, 3.63) is 41.1 Å². The van der Waals surface area contributed by atoms with E-state index in [4.69, 9.17) is 9.47 Å². The molecule has 7 heteroatoms. The van der Waals surface area contributed by atoms with Crippen molar-refractivity contribution in [1.82, 2.24) is 9.97 Å². The van der Waals surface area contributed by atoms with Gasteiger partial charge in [0.2, 0.25) is 0 Å². The molecule has 0 atom stereocenters. The standard InChI is InChI=1S/C17H17N3O3S/c1-9-5-10(2)18-15-14(9)24-17(19-15)20-16(21)11-6-12(22-3)8-13(7-11)23-4/h5-8H,1-4H3,(H,18,19,20,21). The maximum absolute atomic E-state index is 12.5. The number of fused-ring (bicyclic) bond motifs is 1. The van der Waals surface area contributed by atoms with Crippen molar-refractivity contribution in [1.29, 1.82) is 0 Å². The smallest absolute Gasteiger partial charge is 0.257 e. The van der Waals surface area contributed by atoms with Crippen molar-refractivity contribution in [3.63, 3.8) is 0 Å². The molecule has 0 aliphatic carbocycles. The highest BCUT2D eigenvalue weighted by atomic mass is 32.1. The van der Waals surface area contributed by atoms with Crippen LogP contribution in [0.2, 0.25) is 0 Å². The predicted octanol–water partition coefficient (Wildman–Crippen LogP) is 3.58. The van der Waals surface area contributed by atoms with Crippen molar-refractivity contribution in [2.75, 3.05) is 19.5 Å². The third-order valence-electron chi connectivity index (χ3n) is 3.51. The van der Waals surface area contributed by atoms with Gasteiger partial charge < -0.3 is 9.47 Å². The van der Waals surface area contributed by atoms with Gasteiger partial charge in [-0.3, -0.25) is 10.1 Å². The first-order chi connectivity index (χ1) is 11.5. The van der Waals surface area contributed by atoms with Gasteiger partial charge in [0.15, 0.2) is 10.8 Å². The molecule has 1 amide bonds. The molecule has 6 nitrogen and oxygen atoms in total. The normalized spacial score (nSPS) is 10.7. The van der Waals surface area contributed by atoms with Crippen LogP contribution in [0.3, 0.4) is 0 Å². The molecule has 24 heavy (non-hydrogen) atoms. The van der Waals surface area contributed by atoms with E-state index in [0.717, 1.165) is 16.0 Å². The van der Waals surface area contributed by atoms with E-state index in [1.807, 2.05) is 19.9 Å². The van der Waals surface area contributed by atoms with E-state index in [0.29, 0.717) is 27.8 Å². The summed E-state index contributed by atoms with van der Waals surface area (Å²) in [4.78, 5) is 21.3. The maximum atomic E-state index is 12.5. The summed E-state index contributed by atoms with van der Waals surface area (Å²) in [5, 5.41) is 3.33. The second-order valence-electron chi connectivity index (χ2n) is 5.31.